The number of rotatable bonds is 9. The van der Waals surface area contributed by atoms with Gasteiger partial charge in [-0.3, -0.25) is 9.59 Å². The third-order valence-corrected chi connectivity index (χ3v) is 10.3. The molecule has 4 N–H and O–H groups in total. The Bertz CT molecular complexity index is 1850. The fourth-order valence-electron chi connectivity index (χ4n) is 5.69. The number of carbonyl (C=O) groups excluding carboxylic acids is 1. The number of halogens is 1. The number of likely N-dealkylation sites (tertiary alicyclic amines) is 1. The Kier molecular flexibility index (Phi) is 8.46. The molecule has 5 rings (SSSR count). The topological polar surface area (TPSA) is 152 Å². The average molecular weight is 621 g/mol. The number of aliphatic carboxylic acids is 1. The number of fused-ring (bicyclic) bond motifs is 1. The lowest BCUT2D eigenvalue weighted by atomic mass is 9.93. The summed E-state index contributed by atoms with van der Waals surface area (Å²) in [5.74, 6) is -3.06. The molecule has 0 saturated carbocycles. The second kappa shape index (κ2) is 12.1. The van der Waals surface area contributed by atoms with Crippen LogP contribution in [0.15, 0.2) is 77.8 Å². The number of aromatic nitrogens is 1. The number of amides is 1. The molecular formula is C32H33FN4O6S. The van der Waals surface area contributed by atoms with Crippen molar-refractivity contribution in [3.63, 3.8) is 0 Å². The number of carboxylic acids is 1. The van der Waals surface area contributed by atoms with Crippen LogP contribution in [0.25, 0.3) is 10.8 Å². The van der Waals surface area contributed by atoms with Crippen molar-refractivity contribution in [3.05, 3.63) is 89.9 Å². The van der Waals surface area contributed by atoms with Gasteiger partial charge < -0.3 is 25.8 Å². The number of nitrogens with one attached hydrogen (secondary N) is 1. The van der Waals surface area contributed by atoms with Crippen molar-refractivity contribution in [3.8, 4) is 5.75 Å². The molecule has 1 saturated heterocycles. The van der Waals surface area contributed by atoms with Crippen molar-refractivity contribution in [1.29, 1.82) is 0 Å². The lowest BCUT2D eigenvalue weighted by Gasteiger charge is -2.32. The van der Waals surface area contributed by atoms with Crippen LogP contribution in [0.2, 0.25) is 0 Å². The zero-order valence-electron chi connectivity index (χ0n) is 24.4. The molecule has 1 aliphatic heterocycles. The van der Waals surface area contributed by atoms with Crippen LogP contribution in [0.3, 0.4) is 0 Å². The standard InChI is InChI=1S/C32H33FN4O6S/c1-18(2)44(41,42)27-7-5-4-6-23(27)29-24(32(39)40)13-15-37(29)31(38)28(20-8-11-25(33)26(17-20)43-3)36-21-9-10-22-19(16-21)12-14-35-30(22)34/h4-12,14,16-18,24,28-29,36H,13,15H2,1-3H3,(H2,34,35)(H,39,40). The molecule has 0 bridgehead atoms. The second-order valence-corrected chi connectivity index (χ2v) is 13.4. The first-order valence-electron chi connectivity index (χ1n) is 14.0. The molecule has 1 aliphatic rings. The van der Waals surface area contributed by atoms with Gasteiger partial charge >= 0.3 is 5.97 Å². The molecule has 10 nitrogen and oxygen atoms in total. The molecule has 3 atom stereocenters. The number of carbonyl (C=O) groups is 2. The predicted molar refractivity (Wildman–Crippen MR) is 164 cm³/mol. The highest BCUT2D eigenvalue weighted by Gasteiger charge is 2.46. The molecule has 4 aromatic rings. The molecule has 230 valence electrons. The van der Waals surface area contributed by atoms with E-state index in [0.29, 0.717) is 17.1 Å². The number of nitrogens with two attached hydrogens (primary N) is 1. The third-order valence-electron chi connectivity index (χ3n) is 8.02. The van der Waals surface area contributed by atoms with Crippen LogP contribution in [0.1, 0.15) is 43.5 Å². The van der Waals surface area contributed by atoms with Gasteiger partial charge in [-0.25, -0.2) is 17.8 Å². The summed E-state index contributed by atoms with van der Waals surface area (Å²) in [6, 6.07) is 15.1. The monoisotopic (exact) mass is 620 g/mol. The van der Waals surface area contributed by atoms with E-state index in [0.717, 1.165) is 10.8 Å². The van der Waals surface area contributed by atoms with Gasteiger partial charge in [0, 0.05) is 23.8 Å². The lowest BCUT2D eigenvalue weighted by molar-refractivity contribution is -0.143. The minimum Gasteiger partial charge on any atom is -0.494 e. The van der Waals surface area contributed by atoms with Crippen LogP contribution in [0, 0.1) is 11.7 Å². The minimum atomic E-state index is -3.82. The number of hydrogen-bond donors (Lipinski definition) is 3. The van der Waals surface area contributed by atoms with Crippen LogP contribution >= 0.6 is 0 Å². The number of carboxylic acid groups (broad SMARTS) is 1. The molecule has 12 heteroatoms. The highest BCUT2D eigenvalue weighted by atomic mass is 32.2. The van der Waals surface area contributed by atoms with Gasteiger partial charge in [-0.05, 0) is 79.2 Å². The number of nitrogen functional groups attached to an aromatic ring is 1. The Morgan fingerprint density at radius 3 is 2.57 bits per heavy atom. The average Bonchev–Trinajstić information content (AvgIpc) is 3.45. The first-order valence-corrected chi connectivity index (χ1v) is 15.6. The first kappa shape index (κ1) is 30.7. The molecule has 1 fully saturated rings. The SMILES string of the molecule is COc1cc(C(Nc2ccc3c(N)nccc3c2)C(=O)N2CCC(C(=O)O)C2c2ccccc2S(=O)(=O)C(C)C)ccc1F. The normalized spacial score (nSPS) is 17.5. The summed E-state index contributed by atoms with van der Waals surface area (Å²) in [5.41, 5.74) is 7.16. The molecular weight excluding hydrogens is 587 g/mol. The number of hydrogen-bond acceptors (Lipinski definition) is 8. The summed E-state index contributed by atoms with van der Waals surface area (Å²) in [6.45, 7) is 3.16. The van der Waals surface area contributed by atoms with E-state index in [1.165, 1.54) is 36.3 Å². The Labute approximate surface area is 254 Å². The number of pyridine rings is 1. The van der Waals surface area contributed by atoms with Crippen molar-refractivity contribution in [2.75, 3.05) is 24.7 Å². The van der Waals surface area contributed by atoms with E-state index in [9.17, 15) is 27.5 Å². The fraction of sp³-hybridized carbons (Fsp3) is 0.281. The number of benzene rings is 3. The van der Waals surface area contributed by atoms with E-state index in [4.69, 9.17) is 10.5 Å². The number of methoxy groups -OCH3 is 1. The maximum atomic E-state index is 14.6. The van der Waals surface area contributed by atoms with Crippen LogP contribution in [0.5, 0.6) is 5.75 Å². The number of ether oxygens (including phenoxy) is 1. The number of nitrogens with zero attached hydrogens (tertiary/aromatic N) is 2. The summed E-state index contributed by atoms with van der Waals surface area (Å²) in [7, 11) is -2.51. The quantitative estimate of drug-likeness (QED) is 0.235. The Morgan fingerprint density at radius 2 is 1.86 bits per heavy atom. The molecule has 3 aromatic carbocycles. The zero-order valence-corrected chi connectivity index (χ0v) is 25.2. The van der Waals surface area contributed by atoms with E-state index < -0.39 is 50.8 Å². The van der Waals surface area contributed by atoms with Crippen molar-refractivity contribution >= 4 is 44.0 Å². The summed E-state index contributed by atoms with van der Waals surface area (Å²) in [5, 5.41) is 14.1. The fourth-order valence-corrected chi connectivity index (χ4v) is 6.98. The highest BCUT2D eigenvalue weighted by Crippen LogP contribution is 2.43. The van der Waals surface area contributed by atoms with Crippen molar-refractivity contribution in [1.82, 2.24) is 9.88 Å². The van der Waals surface area contributed by atoms with Crippen LogP contribution in [-0.2, 0) is 19.4 Å². The van der Waals surface area contributed by atoms with Crippen LogP contribution in [-0.4, -0.2) is 54.2 Å². The smallest absolute Gasteiger partial charge is 0.309 e. The lowest BCUT2D eigenvalue weighted by Crippen LogP contribution is -2.40. The van der Waals surface area contributed by atoms with E-state index >= 15 is 0 Å². The second-order valence-electron chi connectivity index (χ2n) is 10.9. The molecule has 2 heterocycles. The predicted octanol–water partition coefficient (Wildman–Crippen LogP) is 4.97. The van der Waals surface area contributed by atoms with E-state index in [1.807, 2.05) is 0 Å². The molecule has 0 radical (unpaired) electrons. The van der Waals surface area contributed by atoms with Crippen LogP contribution in [0.4, 0.5) is 15.9 Å². The van der Waals surface area contributed by atoms with Crippen molar-refractivity contribution in [2.45, 2.75) is 42.5 Å². The van der Waals surface area contributed by atoms with Gasteiger partial charge in [0.25, 0.3) is 0 Å². The minimum absolute atomic E-state index is 0.0142. The van der Waals surface area contributed by atoms with Crippen molar-refractivity contribution in [2.24, 2.45) is 5.92 Å². The van der Waals surface area contributed by atoms with E-state index in [-0.39, 0.29) is 29.2 Å². The van der Waals surface area contributed by atoms with Gasteiger partial charge in [0.15, 0.2) is 21.4 Å². The first-order chi connectivity index (χ1) is 20.9. The van der Waals surface area contributed by atoms with Gasteiger partial charge in [-0.2, -0.15) is 0 Å². The Balaban J connectivity index is 1.63. The maximum absolute atomic E-state index is 14.6. The van der Waals surface area contributed by atoms with Crippen LogP contribution < -0.4 is 15.8 Å². The van der Waals surface area contributed by atoms with Gasteiger partial charge in [0.1, 0.15) is 11.9 Å². The summed E-state index contributed by atoms with van der Waals surface area (Å²) >= 11 is 0. The van der Waals surface area contributed by atoms with Crippen molar-refractivity contribution < 1.29 is 32.2 Å². The molecule has 3 unspecified atom stereocenters. The molecule has 44 heavy (non-hydrogen) atoms. The maximum Gasteiger partial charge on any atom is 0.309 e. The van der Waals surface area contributed by atoms with E-state index in [1.54, 1.807) is 62.5 Å². The zero-order chi connectivity index (χ0) is 31.8. The number of anilines is 2. The molecule has 0 spiro atoms. The number of sulfone groups is 1. The molecule has 0 aliphatic carbocycles. The van der Waals surface area contributed by atoms with Gasteiger partial charge in [0.2, 0.25) is 5.91 Å². The van der Waals surface area contributed by atoms with Gasteiger partial charge in [0.05, 0.1) is 29.2 Å². The summed E-state index contributed by atoms with van der Waals surface area (Å²) in [6.07, 6.45) is 1.68. The van der Waals surface area contributed by atoms with Gasteiger partial charge in [-0.1, -0.05) is 24.3 Å². The molecule has 1 amide bonds. The molecule has 1 aromatic heterocycles. The Hall–Kier alpha value is -4.71. The summed E-state index contributed by atoms with van der Waals surface area (Å²) in [4.78, 5) is 32.5. The summed E-state index contributed by atoms with van der Waals surface area (Å²) < 4.78 is 46.4. The van der Waals surface area contributed by atoms with E-state index in [2.05, 4.69) is 10.3 Å². The third kappa shape index (κ3) is 5.64. The largest absolute Gasteiger partial charge is 0.494 e. The van der Waals surface area contributed by atoms with Gasteiger partial charge in [-0.15, -0.1) is 0 Å². The Morgan fingerprint density at radius 1 is 1.11 bits per heavy atom. The highest BCUT2D eigenvalue weighted by molar-refractivity contribution is 7.92.